The van der Waals surface area contributed by atoms with E-state index in [1.165, 1.54) is 0 Å². The molecule has 0 saturated carbocycles. The van der Waals surface area contributed by atoms with E-state index in [1.54, 1.807) is 0 Å². The number of carboxylic acid groups (broad SMARTS) is 5. The molecular formula is C10H18O13. The maximum absolute atomic E-state index is 9.43. The van der Waals surface area contributed by atoms with E-state index in [9.17, 15) is 19.2 Å². The van der Waals surface area contributed by atoms with Gasteiger partial charge in [-0.2, -0.15) is 0 Å². The zero-order chi connectivity index (χ0) is 19.4. The molecule has 0 spiro atoms. The molecule has 0 radical (unpaired) electrons. The molecule has 0 atom stereocenters. The van der Waals surface area contributed by atoms with Gasteiger partial charge in [0, 0.05) is 0 Å². The van der Waals surface area contributed by atoms with Crippen molar-refractivity contribution in [1.29, 1.82) is 0 Å². The molecule has 0 aromatic heterocycles. The van der Waals surface area contributed by atoms with Crippen LogP contribution < -0.4 is 0 Å². The van der Waals surface area contributed by atoms with Gasteiger partial charge in [0.15, 0.2) is 0 Å². The Hall–Kier alpha value is -2.77. The van der Waals surface area contributed by atoms with Crippen molar-refractivity contribution in [2.45, 2.75) is 18.9 Å². The molecule has 0 fully saturated rings. The van der Waals surface area contributed by atoms with Gasteiger partial charge in [0.25, 0.3) is 6.47 Å². The summed E-state index contributed by atoms with van der Waals surface area (Å²) in [6.45, 7) is -0.979. The lowest BCUT2D eigenvalue weighted by atomic mass is 10.4. The zero-order valence-corrected chi connectivity index (χ0v) is 11.6. The number of aliphatic carboxylic acids is 4. The molecule has 0 unspecified atom stereocenters. The van der Waals surface area contributed by atoms with Crippen molar-refractivity contribution in [3.8, 4) is 0 Å². The monoisotopic (exact) mass is 346 g/mol. The summed E-state index contributed by atoms with van der Waals surface area (Å²) < 4.78 is 0. The first kappa shape index (κ1) is 28.4. The van der Waals surface area contributed by atoms with E-state index in [4.69, 9.17) is 45.6 Å². The van der Waals surface area contributed by atoms with E-state index in [-0.39, 0.29) is 19.7 Å². The van der Waals surface area contributed by atoms with Gasteiger partial charge in [-0.1, -0.05) is 0 Å². The summed E-state index contributed by atoms with van der Waals surface area (Å²) >= 11 is 0. The minimum atomic E-state index is -1.31. The molecule has 0 aliphatic rings. The van der Waals surface area contributed by atoms with Crippen molar-refractivity contribution >= 4 is 30.3 Å². The largest absolute Gasteiger partial charge is 0.483 e. The first-order valence-corrected chi connectivity index (χ1v) is 5.33. The fourth-order valence-electron chi connectivity index (χ4n) is 0.316. The Morgan fingerprint density at radius 1 is 0.739 bits per heavy atom. The van der Waals surface area contributed by atoms with Crippen molar-refractivity contribution < 1.29 is 64.8 Å². The molecule has 0 heterocycles. The Morgan fingerprint density at radius 2 is 0.913 bits per heavy atom. The van der Waals surface area contributed by atoms with Crippen LogP contribution in [0.3, 0.4) is 0 Å². The van der Waals surface area contributed by atoms with Crippen molar-refractivity contribution in [3.05, 3.63) is 0 Å². The molecule has 8 N–H and O–H groups in total. The van der Waals surface area contributed by atoms with Gasteiger partial charge in [0.2, 0.25) is 0 Å². The molecule has 13 nitrogen and oxygen atoms in total. The maximum Gasteiger partial charge on any atom is 0.314 e. The van der Waals surface area contributed by atoms with E-state index in [1.807, 2.05) is 0 Å². The van der Waals surface area contributed by atoms with Crippen LogP contribution in [0.15, 0.2) is 0 Å². The molecule has 0 saturated heterocycles. The first-order valence-electron chi connectivity index (χ1n) is 5.33. The third-order valence-corrected chi connectivity index (χ3v) is 1.03. The second-order valence-corrected chi connectivity index (χ2v) is 3.05. The van der Waals surface area contributed by atoms with E-state index < -0.39 is 42.8 Å². The van der Waals surface area contributed by atoms with Gasteiger partial charge in [-0.05, 0) is 0 Å². The van der Waals surface area contributed by atoms with Crippen LogP contribution in [-0.2, 0) is 24.0 Å². The SMILES string of the molecule is O=C(O)CC(=O)O.O=C(O)CC(=O)O.O=CO.OCC(O)CO. The van der Waals surface area contributed by atoms with Crippen LogP contribution in [0.4, 0.5) is 0 Å². The standard InChI is InChI=1S/2C3H4O4.C3H8O3.CH2O2/c2*4-2(5)1-3(6)7;4-1-3(6)2-5;2-1-3/h2*1H2,(H,4,5)(H,6,7);3-6H,1-2H2;1H,(H,2,3). The van der Waals surface area contributed by atoms with Gasteiger partial charge in [-0.15, -0.1) is 0 Å². The van der Waals surface area contributed by atoms with E-state index >= 15 is 0 Å². The second-order valence-electron chi connectivity index (χ2n) is 3.05. The van der Waals surface area contributed by atoms with E-state index in [0.29, 0.717) is 0 Å². The summed E-state index contributed by atoms with van der Waals surface area (Å²) in [7, 11) is 0. The van der Waals surface area contributed by atoms with Crippen molar-refractivity contribution in [2.75, 3.05) is 13.2 Å². The normalized spacial score (nSPS) is 8.00. The number of aliphatic hydroxyl groups is 3. The lowest BCUT2D eigenvalue weighted by Gasteiger charge is -1.96. The number of aliphatic hydroxyl groups excluding tert-OH is 3. The molecule has 136 valence electrons. The number of rotatable bonds is 6. The van der Waals surface area contributed by atoms with Crippen LogP contribution in [0.5, 0.6) is 0 Å². The quantitative estimate of drug-likeness (QED) is 0.178. The molecule has 0 amide bonds. The van der Waals surface area contributed by atoms with Crippen molar-refractivity contribution in [3.63, 3.8) is 0 Å². The Balaban J connectivity index is -0.000000109. The Kier molecular flexibility index (Phi) is 26.6. The molecule has 0 aliphatic carbocycles. The highest BCUT2D eigenvalue weighted by molar-refractivity contribution is 5.89. The summed E-state index contributed by atoms with van der Waals surface area (Å²) in [5.74, 6) is -5.25. The molecule has 0 aromatic carbocycles. The predicted octanol–water partition coefficient (Wildman–Crippen LogP) is -2.88. The maximum atomic E-state index is 9.43. The summed E-state index contributed by atoms with van der Waals surface area (Å²) in [5, 5.41) is 61.7. The fraction of sp³-hybridized carbons (Fsp3) is 0.500. The van der Waals surface area contributed by atoms with Crippen LogP contribution in [0.1, 0.15) is 12.8 Å². The average molecular weight is 346 g/mol. The van der Waals surface area contributed by atoms with Crippen molar-refractivity contribution in [2.24, 2.45) is 0 Å². The summed E-state index contributed by atoms with van der Waals surface area (Å²) in [6.07, 6.45) is -2.56. The van der Waals surface area contributed by atoms with Gasteiger partial charge in [0.05, 0.1) is 13.2 Å². The number of carboxylic acids is 4. The highest BCUT2D eigenvalue weighted by atomic mass is 16.4. The summed E-state index contributed by atoms with van der Waals surface area (Å²) in [4.78, 5) is 46.1. The summed E-state index contributed by atoms with van der Waals surface area (Å²) in [5.41, 5.74) is 0. The van der Waals surface area contributed by atoms with Gasteiger partial charge in [-0.3, -0.25) is 24.0 Å². The lowest BCUT2D eigenvalue weighted by Crippen LogP contribution is -2.15. The molecule has 13 heteroatoms. The summed E-state index contributed by atoms with van der Waals surface area (Å²) in [6, 6.07) is 0. The Bertz CT molecular complexity index is 297. The molecule has 0 aromatic rings. The number of hydrogen-bond donors (Lipinski definition) is 8. The molecule has 0 aliphatic heterocycles. The van der Waals surface area contributed by atoms with Gasteiger partial charge in [-0.25, -0.2) is 0 Å². The molecule has 0 rings (SSSR count). The molecule has 0 bridgehead atoms. The number of hydrogen-bond acceptors (Lipinski definition) is 8. The topological polar surface area (TPSA) is 247 Å². The first-order chi connectivity index (χ1) is 10.5. The minimum absolute atomic E-state index is 0.250. The third-order valence-electron chi connectivity index (χ3n) is 1.03. The van der Waals surface area contributed by atoms with Gasteiger partial charge in [0.1, 0.15) is 18.9 Å². The van der Waals surface area contributed by atoms with Crippen LogP contribution >= 0.6 is 0 Å². The van der Waals surface area contributed by atoms with Crippen LogP contribution in [-0.4, -0.2) is 90.5 Å². The van der Waals surface area contributed by atoms with Crippen molar-refractivity contribution in [1.82, 2.24) is 0 Å². The van der Waals surface area contributed by atoms with E-state index in [0.717, 1.165) is 0 Å². The van der Waals surface area contributed by atoms with Gasteiger partial charge >= 0.3 is 23.9 Å². The smallest absolute Gasteiger partial charge is 0.314 e. The Morgan fingerprint density at radius 3 is 0.913 bits per heavy atom. The van der Waals surface area contributed by atoms with E-state index in [2.05, 4.69) is 0 Å². The third kappa shape index (κ3) is 67.0. The zero-order valence-electron chi connectivity index (χ0n) is 11.6. The Labute approximate surface area is 128 Å². The van der Waals surface area contributed by atoms with Crippen LogP contribution in [0.25, 0.3) is 0 Å². The fourth-order valence-corrected chi connectivity index (χ4v) is 0.316. The predicted molar refractivity (Wildman–Crippen MR) is 68.6 cm³/mol. The van der Waals surface area contributed by atoms with Gasteiger partial charge < -0.3 is 40.9 Å². The molecular weight excluding hydrogens is 328 g/mol. The highest BCUT2D eigenvalue weighted by Crippen LogP contribution is 1.75. The molecule has 23 heavy (non-hydrogen) atoms. The number of carbonyl (C=O) groups is 5. The average Bonchev–Trinajstić information content (AvgIpc) is 2.36. The second kappa shape index (κ2) is 21.5. The lowest BCUT2D eigenvalue weighted by molar-refractivity contribution is -0.149. The highest BCUT2D eigenvalue weighted by Gasteiger charge is 2.02. The van der Waals surface area contributed by atoms with Crippen LogP contribution in [0, 0.1) is 0 Å². The minimum Gasteiger partial charge on any atom is -0.483 e. The van der Waals surface area contributed by atoms with Crippen LogP contribution in [0.2, 0.25) is 0 Å².